The lowest BCUT2D eigenvalue weighted by molar-refractivity contribution is 0.368. The van der Waals surface area contributed by atoms with E-state index in [0.717, 1.165) is 42.3 Å². The minimum Gasteiger partial charge on any atom is -0.358 e. The number of hydrogen-bond acceptors (Lipinski definition) is 3. The Morgan fingerprint density at radius 3 is 2.50 bits per heavy atom. The largest absolute Gasteiger partial charge is 0.358 e. The zero-order valence-corrected chi connectivity index (χ0v) is 15.8. The number of H-pyrrole nitrogens is 1. The van der Waals surface area contributed by atoms with E-state index >= 15 is 0 Å². The molecule has 3 rings (SSSR count). The number of aromatic nitrogens is 2. The Kier molecular flexibility index (Phi) is 4.66. The second-order valence-corrected chi connectivity index (χ2v) is 10.4. The van der Waals surface area contributed by atoms with Crippen LogP contribution in [0.2, 0.25) is 5.15 Å². The molecular weight excluding hydrogens is 346 g/mol. The third-order valence-electron chi connectivity index (χ3n) is 4.82. The fourth-order valence-corrected chi connectivity index (χ4v) is 4.42. The molecule has 24 heavy (non-hydrogen) atoms. The highest BCUT2D eigenvalue weighted by atomic mass is 35.5. The molecule has 0 atom stereocenters. The van der Waals surface area contributed by atoms with E-state index < -0.39 is 14.8 Å². The van der Waals surface area contributed by atoms with Gasteiger partial charge in [0.1, 0.15) is 5.15 Å². The molecule has 1 fully saturated rings. The van der Waals surface area contributed by atoms with Crippen molar-refractivity contribution in [1.82, 2.24) is 14.7 Å². The Morgan fingerprint density at radius 2 is 1.92 bits per heavy atom. The zero-order valence-electron chi connectivity index (χ0n) is 14.3. The van der Waals surface area contributed by atoms with Gasteiger partial charge >= 0.3 is 0 Å². The fourth-order valence-electron chi connectivity index (χ4n) is 3.18. The summed E-state index contributed by atoms with van der Waals surface area (Å²) in [6.45, 7) is 5.18. The first kappa shape index (κ1) is 17.7. The molecule has 7 heteroatoms. The maximum absolute atomic E-state index is 12.3. The first-order valence-corrected chi connectivity index (χ1v) is 10.2. The lowest BCUT2D eigenvalue weighted by Crippen LogP contribution is -2.45. The minimum absolute atomic E-state index is 0.0279. The van der Waals surface area contributed by atoms with Gasteiger partial charge in [0.15, 0.2) is 0 Å². The van der Waals surface area contributed by atoms with E-state index in [1.54, 1.807) is 27.0 Å². The van der Waals surface area contributed by atoms with Crippen molar-refractivity contribution in [3.8, 4) is 0 Å². The van der Waals surface area contributed by atoms with Crippen LogP contribution in [-0.2, 0) is 10.0 Å². The van der Waals surface area contributed by atoms with E-state index in [2.05, 4.69) is 20.8 Å². The topological polar surface area (TPSA) is 74.8 Å². The van der Waals surface area contributed by atoms with Gasteiger partial charge in [-0.15, -0.1) is 0 Å². The Labute approximate surface area is 148 Å². The first-order valence-electron chi connectivity index (χ1n) is 8.32. The normalized spacial score (nSPS) is 22.8. The molecule has 1 aliphatic carbocycles. The van der Waals surface area contributed by atoms with Gasteiger partial charge in [-0.25, -0.2) is 18.1 Å². The first-order chi connectivity index (χ1) is 11.2. The van der Waals surface area contributed by atoms with Crippen LogP contribution in [0.3, 0.4) is 0 Å². The summed E-state index contributed by atoms with van der Waals surface area (Å²) in [5, 5.41) is 1.46. The maximum atomic E-state index is 12.3. The average molecular weight is 370 g/mol. The Bertz CT molecular complexity index is 831. The molecular formula is C17H24ClN3O2S. The van der Waals surface area contributed by atoms with Crippen LogP contribution in [0.25, 0.3) is 10.9 Å². The molecule has 0 bridgehead atoms. The third kappa shape index (κ3) is 3.46. The van der Waals surface area contributed by atoms with E-state index in [-0.39, 0.29) is 6.04 Å². The molecule has 2 heterocycles. The van der Waals surface area contributed by atoms with Crippen LogP contribution >= 0.6 is 11.6 Å². The van der Waals surface area contributed by atoms with E-state index in [4.69, 9.17) is 11.6 Å². The van der Waals surface area contributed by atoms with Crippen LogP contribution in [0, 0.1) is 0 Å². The van der Waals surface area contributed by atoms with E-state index in [1.807, 2.05) is 6.07 Å². The smallest absolute Gasteiger partial charge is 0.216 e. The number of rotatable bonds is 3. The fraction of sp³-hybridized carbons (Fsp3) is 0.588. The molecule has 2 aromatic rings. The van der Waals surface area contributed by atoms with Crippen molar-refractivity contribution in [2.24, 2.45) is 0 Å². The molecule has 2 aromatic heterocycles. The molecule has 0 saturated heterocycles. The predicted molar refractivity (Wildman–Crippen MR) is 97.9 cm³/mol. The number of halogens is 1. The van der Waals surface area contributed by atoms with Crippen molar-refractivity contribution in [1.29, 1.82) is 0 Å². The maximum Gasteiger partial charge on any atom is 0.216 e. The minimum atomic E-state index is -3.29. The summed E-state index contributed by atoms with van der Waals surface area (Å²) in [6, 6.07) is 4.03. The second-order valence-electron chi connectivity index (χ2n) is 7.57. The summed E-state index contributed by atoms with van der Waals surface area (Å²) in [5.41, 5.74) is 2.16. The van der Waals surface area contributed by atoms with Gasteiger partial charge in [-0.05, 0) is 64.5 Å². The van der Waals surface area contributed by atoms with Gasteiger partial charge in [0, 0.05) is 23.3 Å². The van der Waals surface area contributed by atoms with Crippen molar-refractivity contribution in [2.75, 3.05) is 0 Å². The van der Waals surface area contributed by atoms with Crippen LogP contribution in [0.5, 0.6) is 0 Å². The molecule has 1 aliphatic rings. The molecule has 5 nitrogen and oxygen atoms in total. The van der Waals surface area contributed by atoms with E-state index in [9.17, 15) is 8.42 Å². The number of sulfonamides is 1. The van der Waals surface area contributed by atoms with Crippen LogP contribution < -0.4 is 4.72 Å². The van der Waals surface area contributed by atoms with Gasteiger partial charge in [0.25, 0.3) is 0 Å². The highest BCUT2D eigenvalue weighted by molar-refractivity contribution is 7.90. The average Bonchev–Trinajstić information content (AvgIpc) is 2.92. The molecule has 0 unspecified atom stereocenters. The van der Waals surface area contributed by atoms with Gasteiger partial charge < -0.3 is 4.98 Å². The van der Waals surface area contributed by atoms with Crippen molar-refractivity contribution >= 4 is 32.5 Å². The number of fused-ring (bicyclic) bond motifs is 1. The molecule has 0 spiro atoms. The van der Waals surface area contributed by atoms with E-state index in [0.29, 0.717) is 11.1 Å². The van der Waals surface area contributed by atoms with Crippen molar-refractivity contribution < 1.29 is 8.42 Å². The summed E-state index contributed by atoms with van der Waals surface area (Å²) in [7, 11) is -3.29. The van der Waals surface area contributed by atoms with Crippen LogP contribution in [0.4, 0.5) is 0 Å². The highest BCUT2D eigenvalue weighted by Gasteiger charge is 2.33. The van der Waals surface area contributed by atoms with Crippen LogP contribution in [-0.4, -0.2) is 29.2 Å². The van der Waals surface area contributed by atoms with Gasteiger partial charge in [-0.2, -0.15) is 0 Å². The van der Waals surface area contributed by atoms with Crippen LogP contribution in [0.1, 0.15) is 58.1 Å². The Balaban J connectivity index is 1.67. The zero-order chi connectivity index (χ0) is 17.5. The molecule has 2 N–H and O–H groups in total. The SMILES string of the molecule is CC(C)(C)S(=O)(=O)NC1CCC(c2cc3c(Cl)nccc3[nH]2)CC1. The lowest BCUT2D eigenvalue weighted by Gasteiger charge is -2.31. The number of nitrogens with one attached hydrogen (secondary N) is 2. The second kappa shape index (κ2) is 6.32. The highest BCUT2D eigenvalue weighted by Crippen LogP contribution is 2.35. The Morgan fingerprint density at radius 1 is 1.25 bits per heavy atom. The summed E-state index contributed by atoms with van der Waals surface area (Å²) < 4.78 is 26.7. The van der Waals surface area contributed by atoms with Gasteiger partial charge in [-0.1, -0.05) is 11.6 Å². The molecule has 132 valence electrons. The summed E-state index contributed by atoms with van der Waals surface area (Å²) in [4.78, 5) is 7.54. The molecule has 0 radical (unpaired) electrons. The molecule has 0 amide bonds. The predicted octanol–water partition coefficient (Wildman–Crippen LogP) is 3.96. The van der Waals surface area contributed by atoms with Gasteiger partial charge in [-0.3, -0.25) is 0 Å². The number of hydrogen-bond donors (Lipinski definition) is 2. The Hall–Kier alpha value is -1.11. The summed E-state index contributed by atoms with van der Waals surface area (Å²) in [6.07, 6.45) is 5.30. The molecule has 0 aliphatic heterocycles. The van der Waals surface area contributed by atoms with Gasteiger partial charge in [0.2, 0.25) is 10.0 Å². The summed E-state index contributed by atoms with van der Waals surface area (Å²) >= 11 is 6.14. The standard InChI is InChI=1S/C17H24ClN3O2S/c1-17(2,3)24(22,23)21-12-6-4-11(5-7-12)15-10-13-14(20-15)8-9-19-16(13)18/h8-12,20-21H,4-7H2,1-3H3. The quantitative estimate of drug-likeness (QED) is 0.804. The van der Waals surface area contributed by atoms with Crippen molar-refractivity contribution in [2.45, 2.75) is 63.2 Å². The lowest BCUT2D eigenvalue weighted by atomic mass is 9.84. The van der Waals surface area contributed by atoms with Crippen molar-refractivity contribution in [3.63, 3.8) is 0 Å². The van der Waals surface area contributed by atoms with Crippen LogP contribution in [0.15, 0.2) is 18.3 Å². The molecule has 0 aromatic carbocycles. The summed E-state index contributed by atoms with van der Waals surface area (Å²) in [5.74, 6) is 0.406. The number of nitrogens with zero attached hydrogens (tertiary/aromatic N) is 1. The third-order valence-corrected chi connectivity index (χ3v) is 7.37. The van der Waals surface area contributed by atoms with Crippen molar-refractivity contribution in [3.05, 3.63) is 29.2 Å². The van der Waals surface area contributed by atoms with Gasteiger partial charge in [0.05, 0.1) is 10.3 Å². The van der Waals surface area contributed by atoms with E-state index in [1.165, 1.54) is 0 Å². The number of aromatic amines is 1. The monoisotopic (exact) mass is 369 g/mol. The molecule has 1 saturated carbocycles. The number of pyridine rings is 1.